The maximum absolute atomic E-state index is 12.7. The van der Waals surface area contributed by atoms with Crippen LogP contribution in [0.3, 0.4) is 0 Å². The number of fused-ring (bicyclic) bond motifs is 4. The van der Waals surface area contributed by atoms with Gasteiger partial charge in [-0.25, -0.2) is 4.79 Å². The van der Waals surface area contributed by atoms with Crippen LogP contribution in [0, 0.1) is 34.5 Å². The summed E-state index contributed by atoms with van der Waals surface area (Å²) in [6, 6.07) is 9.51. The van der Waals surface area contributed by atoms with Gasteiger partial charge >= 0.3 is 5.97 Å². The first-order chi connectivity index (χ1) is 17.2. The van der Waals surface area contributed by atoms with E-state index in [1.165, 1.54) is 63.4 Å². The van der Waals surface area contributed by atoms with E-state index in [-0.39, 0.29) is 12.1 Å². The third-order valence-corrected chi connectivity index (χ3v) is 11.2. The van der Waals surface area contributed by atoms with Crippen LogP contribution < -0.4 is 0 Å². The van der Waals surface area contributed by atoms with E-state index in [0.29, 0.717) is 22.3 Å². The summed E-state index contributed by atoms with van der Waals surface area (Å²) in [5.41, 5.74) is 6.66. The number of carbonyl (C=O) groups is 1. The van der Waals surface area contributed by atoms with Gasteiger partial charge in [-0.15, -0.1) is 0 Å². The molecule has 0 amide bonds. The van der Waals surface area contributed by atoms with Crippen LogP contribution in [0.25, 0.3) is 0 Å². The monoisotopic (exact) mass is 488 g/mol. The molecule has 7 atom stereocenters. The Morgan fingerprint density at radius 2 is 1.83 bits per heavy atom. The number of benzene rings is 1. The predicted molar refractivity (Wildman–Crippen MR) is 149 cm³/mol. The Hall–Kier alpha value is -1.83. The quantitative estimate of drug-likeness (QED) is 0.294. The number of hydrogen-bond donors (Lipinski definition) is 0. The van der Waals surface area contributed by atoms with E-state index in [2.05, 4.69) is 40.7 Å². The molecule has 4 aliphatic rings. The third kappa shape index (κ3) is 4.63. The van der Waals surface area contributed by atoms with E-state index >= 15 is 0 Å². The van der Waals surface area contributed by atoms with Crippen molar-refractivity contribution in [3.8, 4) is 0 Å². The summed E-state index contributed by atoms with van der Waals surface area (Å²) in [6.45, 7) is 12.2. The van der Waals surface area contributed by atoms with Crippen molar-refractivity contribution in [1.82, 2.24) is 0 Å². The Morgan fingerprint density at radius 1 is 1.06 bits per heavy atom. The smallest absolute Gasteiger partial charge is 0.338 e. The molecule has 0 unspecified atom stereocenters. The molecule has 196 valence electrons. The maximum Gasteiger partial charge on any atom is 0.338 e. The van der Waals surface area contributed by atoms with Gasteiger partial charge in [-0.05, 0) is 131 Å². The van der Waals surface area contributed by atoms with Crippen LogP contribution in [0.15, 0.2) is 53.1 Å². The molecule has 0 heterocycles. The van der Waals surface area contributed by atoms with Crippen molar-refractivity contribution >= 4 is 5.97 Å². The minimum Gasteiger partial charge on any atom is -0.459 e. The molecule has 2 fully saturated rings. The first kappa shape index (κ1) is 25.8. The fourth-order valence-corrected chi connectivity index (χ4v) is 9.13. The summed E-state index contributed by atoms with van der Waals surface area (Å²) in [7, 11) is 0. The van der Waals surface area contributed by atoms with Crippen LogP contribution >= 0.6 is 0 Å². The van der Waals surface area contributed by atoms with E-state index in [4.69, 9.17) is 4.74 Å². The Labute approximate surface area is 220 Å². The molecule has 36 heavy (non-hydrogen) atoms. The highest BCUT2D eigenvalue weighted by Crippen LogP contribution is 2.66. The van der Waals surface area contributed by atoms with E-state index in [0.717, 1.165) is 30.6 Å². The SMILES string of the molecule is CC(C)=CCC[C@@H](C)[C@H]1CC[C@H]2C3=C(CC[C@]12C)[C@@]1(C)CC[C@H](OC(=O)c2ccccc2)C[C@@H]1CC3. The van der Waals surface area contributed by atoms with Gasteiger partial charge in [-0.3, -0.25) is 0 Å². The second kappa shape index (κ2) is 10.1. The molecule has 1 aromatic carbocycles. The summed E-state index contributed by atoms with van der Waals surface area (Å²) in [6.07, 6.45) is 16.4. The van der Waals surface area contributed by atoms with Crippen molar-refractivity contribution in [2.24, 2.45) is 34.5 Å². The molecule has 2 nitrogen and oxygen atoms in total. The molecule has 0 spiro atoms. The Bertz CT molecular complexity index is 1010. The van der Waals surface area contributed by atoms with Gasteiger partial charge in [-0.1, -0.05) is 61.8 Å². The van der Waals surface area contributed by atoms with Crippen LogP contribution in [0.1, 0.15) is 116 Å². The molecular weight excluding hydrogens is 440 g/mol. The number of rotatable bonds is 6. The number of esters is 1. The zero-order chi connectivity index (χ0) is 25.5. The molecule has 2 saturated carbocycles. The summed E-state index contributed by atoms with van der Waals surface area (Å²) >= 11 is 0. The lowest BCUT2D eigenvalue weighted by Gasteiger charge is -2.55. The van der Waals surface area contributed by atoms with Gasteiger partial charge in [0.15, 0.2) is 0 Å². The molecule has 0 radical (unpaired) electrons. The molecule has 4 aliphatic carbocycles. The number of carbonyl (C=O) groups excluding carboxylic acids is 1. The molecule has 2 heteroatoms. The van der Waals surface area contributed by atoms with Gasteiger partial charge < -0.3 is 4.74 Å². The van der Waals surface area contributed by atoms with Crippen molar-refractivity contribution in [3.05, 3.63) is 58.7 Å². The van der Waals surface area contributed by atoms with Crippen molar-refractivity contribution < 1.29 is 9.53 Å². The average Bonchev–Trinajstić information content (AvgIpc) is 3.22. The second-order valence-electron chi connectivity index (χ2n) is 13.4. The first-order valence-corrected chi connectivity index (χ1v) is 14.8. The highest BCUT2D eigenvalue weighted by molar-refractivity contribution is 5.89. The van der Waals surface area contributed by atoms with Gasteiger partial charge in [0.2, 0.25) is 0 Å². The molecule has 0 aromatic heterocycles. The van der Waals surface area contributed by atoms with Gasteiger partial charge in [0.05, 0.1) is 5.56 Å². The van der Waals surface area contributed by atoms with E-state index in [1.807, 2.05) is 41.5 Å². The highest BCUT2D eigenvalue weighted by atomic mass is 16.5. The normalized spacial score (nSPS) is 36.4. The van der Waals surface area contributed by atoms with Crippen molar-refractivity contribution in [3.63, 3.8) is 0 Å². The molecule has 0 N–H and O–H groups in total. The van der Waals surface area contributed by atoms with E-state index in [9.17, 15) is 4.79 Å². The molecule has 0 aliphatic heterocycles. The minimum atomic E-state index is -0.149. The molecule has 1 aromatic rings. The number of allylic oxidation sites excluding steroid dienone is 4. The summed E-state index contributed by atoms with van der Waals surface area (Å²) in [4.78, 5) is 12.7. The zero-order valence-corrected chi connectivity index (χ0v) is 23.4. The van der Waals surface area contributed by atoms with E-state index < -0.39 is 0 Å². The molecule has 5 rings (SSSR count). The predicted octanol–water partition coefficient (Wildman–Crippen LogP) is 9.32. The van der Waals surface area contributed by atoms with Crippen LogP contribution in [-0.4, -0.2) is 12.1 Å². The molecule has 0 bridgehead atoms. The third-order valence-electron chi connectivity index (χ3n) is 11.2. The van der Waals surface area contributed by atoms with Crippen molar-refractivity contribution in [2.75, 3.05) is 0 Å². The van der Waals surface area contributed by atoms with Crippen LogP contribution in [-0.2, 0) is 4.74 Å². The Kier molecular flexibility index (Phi) is 7.27. The molecular formula is C34H48O2. The van der Waals surface area contributed by atoms with Gasteiger partial charge in [-0.2, -0.15) is 0 Å². The fraction of sp³-hybridized carbons (Fsp3) is 0.676. The fourth-order valence-electron chi connectivity index (χ4n) is 9.13. The van der Waals surface area contributed by atoms with Gasteiger partial charge in [0.1, 0.15) is 6.10 Å². The van der Waals surface area contributed by atoms with Gasteiger partial charge in [0.25, 0.3) is 0 Å². The highest BCUT2D eigenvalue weighted by Gasteiger charge is 2.56. The average molecular weight is 489 g/mol. The van der Waals surface area contributed by atoms with Crippen molar-refractivity contribution in [1.29, 1.82) is 0 Å². The van der Waals surface area contributed by atoms with Crippen molar-refractivity contribution in [2.45, 2.75) is 111 Å². The second-order valence-corrected chi connectivity index (χ2v) is 13.4. The lowest BCUT2D eigenvalue weighted by molar-refractivity contribution is -0.0157. The number of hydrogen-bond acceptors (Lipinski definition) is 2. The van der Waals surface area contributed by atoms with Crippen LogP contribution in [0.4, 0.5) is 0 Å². The zero-order valence-electron chi connectivity index (χ0n) is 23.4. The molecule has 0 saturated heterocycles. The summed E-state index contributed by atoms with van der Waals surface area (Å²) < 4.78 is 6.02. The minimum absolute atomic E-state index is 0.0734. The lowest BCUT2D eigenvalue weighted by Crippen LogP contribution is -2.46. The summed E-state index contributed by atoms with van der Waals surface area (Å²) in [5.74, 6) is 3.01. The van der Waals surface area contributed by atoms with Crippen LogP contribution in [0.5, 0.6) is 0 Å². The van der Waals surface area contributed by atoms with E-state index in [1.54, 1.807) is 0 Å². The van der Waals surface area contributed by atoms with Gasteiger partial charge in [0, 0.05) is 0 Å². The first-order valence-electron chi connectivity index (χ1n) is 14.8. The maximum atomic E-state index is 12.7. The standard InChI is InChI=1S/C34H48O2/c1-23(2)10-9-11-24(3)29-16-17-30-28-15-14-26-22-27(36-32(35)25-12-7-6-8-13-25)18-20-33(26,4)31(28)19-21-34(29,30)5/h6-8,10,12-13,24,26-27,29-30H,9,11,14-22H2,1-5H3/t24-,26+,27+,29-,30+,33+,34-/m1/s1. The Morgan fingerprint density at radius 3 is 2.58 bits per heavy atom. The van der Waals surface area contributed by atoms with Crippen LogP contribution in [0.2, 0.25) is 0 Å². The number of ether oxygens (including phenoxy) is 1. The summed E-state index contributed by atoms with van der Waals surface area (Å²) in [5, 5.41) is 0. The lowest BCUT2D eigenvalue weighted by atomic mass is 9.50. The topological polar surface area (TPSA) is 26.3 Å². The Balaban J connectivity index is 1.28. The largest absolute Gasteiger partial charge is 0.459 e.